The Labute approximate surface area is 204 Å². The quantitative estimate of drug-likeness (QED) is 0.404. The van der Waals surface area contributed by atoms with Gasteiger partial charge in [-0.1, -0.05) is 91.1 Å². The zero-order valence-electron chi connectivity index (χ0n) is 18.9. The Bertz CT molecular complexity index is 1120. The van der Waals surface area contributed by atoms with Crippen molar-refractivity contribution in [3.63, 3.8) is 0 Å². The molecule has 3 aromatic rings. The van der Waals surface area contributed by atoms with Gasteiger partial charge in [-0.25, -0.2) is 4.79 Å². The fourth-order valence-corrected chi connectivity index (χ4v) is 4.40. The lowest BCUT2D eigenvalue weighted by Crippen LogP contribution is -2.46. The summed E-state index contributed by atoms with van der Waals surface area (Å²) in [7, 11) is 0. The number of alkyl carbamates (subject to hydrolysis) is 1. The Kier molecular flexibility index (Phi) is 7.54. The molecule has 0 bridgehead atoms. The van der Waals surface area contributed by atoms with Gasteiger partial charge in [-0.05, 0) is 34.7 Å². The molecule has 2 amide bonds. The molecule has 0 unspecified atom stereocenters. The first-order chi connectivity index (χ1) is 16.6. The first-order valence-corrected chi connectivity index (χ1v) is 11.7. The van der Waals surface area contributed by atoms with Gasteiger partial charge in [0.05, 0.1) is 5.49 Å². The number of carbonyl (C=O) groups excluding carboxylic acids is 2. The van der Waals surface area contributed by atoms with Crippen LogP contribution in [0, 0.1) is 0 Å². The van der Waals surface area contributed by atoms with Crippen molar-refractivity contribution in [3.8, 4) is 11.1 Å². The molecule has 0 saturated carbocycles. The van der Waals surface area contributed by atoms with Crippen molar-refractivity contribution < 1.29 is 14.3 Å². The van der Waals surface area contributed by atoms with E-state index in [9.17, 15) is 9.59 Å². The van der Waals surface area contributed by atoms with Gasteiger partial charge in [0.15, 0.2) is 0 Å². The highest BCUT2D eigenvalue weighted by Gasteiger charge is 2.30. The van der Waals surface area contributed by atoms with Crippen molar-refractivity contribution in [2.75, 3.05) is 13.2 Å². The molecule has 0 heterocycles. The summed E-state index contributed by atoms with van der Waals surface area (Å²) in [5.74, 6) is -0.374. The van der Waals surface area contributed by atoms with E-state index >= 15 is 0 Å². The number of carbonyl (C=O) groups is 2. The van der Waals surface area contributed by atoms with E-state index in [1.54, 1.807) is 12.1 Å². The summed E-state index contributed by atoms with van der Waals surface area (Å²) in [4.78, 5) is 25.8. The summed E-state index contributed by atoms with van der Waals surface area (Å²) >= 11 is 4.77. The minimum Gasteiger partial charge on any atom is -0.449 e. The second-order valence-corrected chi connectivity index (χ2v) is 8.49. The Hall–Kier alpha value is -3.71. The topological polar surface area (TPSA) is 79.5 Å². The highest BCUT2D eigenvalue weighted by atomic mass is 32.1. The summed E-state index contributed by atoms with van der Waals surface area (Å²) in [5.41, 5.74) is 6.66. The number of hydrogen-bond acceptors (Lipinski definition) is 4. The normalized spacial score (nSPS) is 13.7. The molecule has 1 aliphatic rings. The standard InChI is InChI=1S/C27H27N3O3S/c1-18(15-28-17-34)29-26(31)25(19-9-3-2-4-10-19)30-27(32)33-16-24-22-13-7-5-11-20(22)21-12-6-8-14-23(21)24/h2-14,17-18,24-25H,15-16H2,1H3,(H,28,34)(H,29,31)(H,30,32)/t18-,25+/m0/s1. The number of hydrogen-bond donors (Lipinski definition) is 3. The van der Waals surface area contributed by atoms with Gasteiger partial charge >= 0.3 is 6.09 Å². The van der Waals surface area contributed by atoms with Gasteiger partial charge < -0.3 is 20.7 Å². The minimum absolute atomic E-state index is 0.0529. The molecule has 174 valence electrons. The highest BCUT2D eigenvalue weighted by Crippen LogP contribution is 2.44. The van der Waals surface area contributed by atoms with Crippen molar-refractivity contribution >= 4 is 29.7 Å². The first-order valence-electron chi connectivity index (χ1n) is 11.2. The van der Waals surface area contributed by atoms with E-state index in [4.69, 9.17) is 17.0 Å². The minimum atomic E-state index is -0.883. The van der Waals surface area contributed by atoms with Gasteiger partial charge in [0.2, 0.25) is 5.91 Å². The summed E-state index contributed by atoms with van der Waals surface area (Å²) in [6.07, 6.45) is -0.643. The van der Waals surface area contributed by atoms with E-state index in [2.05, 4.69) is 40.2 Å². The number of rotatable bonds is 9. The fraction of sp³-hybridized carbons (Fsp3) is 0.222. The van der Waals surface area contributed by atoms with Crippen LogP contribution >= 0.6 is 12.2 Å². The molecule has 1 aliphatic carbocycles. The third kappa shape index (κ3) is 5.26. The molecule has 0 fully saturated rings. The van der Waals surface area contributed by atoms with Crippen LogP contribution in [0.3, 0.4) is 0 Å². The molecular formula is C27H27N3O3S. The zero-order chi connectivity index (χ0) is 23.9. The number of ether oxygens (including phenoxy) is 1. The molecule has 0 saturated heterocycles. The Morgan fingerprint density at radius 2 is 1.50 bits per heavy atom. The van der Waals surface area contributed by atoms with E-state index in [0.29, 0.717) is 12.1 Å². The molecule has 0 aliphatic heterocycles. The highest BCUT2D eigenvalue weighted by molar-refractivity contribution is 7.78. The second kappa shape index (κ2) is 10.9. The fourth-order valence-electron chi connectivity index (χ4n) is 4.31. The number of nitrogens with one attached hydrogen (secondary N) is 3. The Morgan fingerprint density at radius 3 is 2.12 bits per heavy atom. The largest absolute Gasteiger partial charge is 0.449 e. The molecule has 3 aromatic carbocycles. The van der Waals surface area contributed by atoms with Crippen molar-refractivity contribution in [1.29, 1.82) is 0 Å². The Balaban J connectivity index is 1.45. The number of benzene rings is 3. The van der Waals surface area contributed by atoms with Gasteiger partial charge in [0, 0.05) is 18.5 Å². The summed E-state index contributed by atoms with van der Waals surface area (Å²) < 4.78 is 5.65. The summed E-state index contributed by atoms with van der Waals surface area (Å²) in [6, 6.07) is 24.4. The van der Waals surface area contributed by atoms with E-state index in [1.165, 1.54) is 5.49 Å². The molecule has 3 N–H and O–H groups in total. The van der Waals surface area contributed by atoms with Crippen LogP contribution in [0.2, 0.25) is 0 Å². The maximum Gasteiger partial charge on any atom is 0.408 e. The molecule has 0 aromatic heterocycles. The van der Waals surface area contributed by atoms with Crippen molar-refractivity contribution in [2.24, 2.45) is 0 Å². The van der Waals surface area contributed by atoms with Crippen molar-refractivity contribution in [1.82, 2.24) is 16.0 Å². The van der Waals surface area contributed by atoms with E-state index in [-0.39, 0.29) is 24.5 Å². The zero-order valence-corrected chi connectivity index (χ0v) is 19.7. The Morgan fingerprint density at radius 1 is 0.912 bits per heavy atom. The lowest BCUT2D eigenvalue weighted by atomic mass is 9.98. The smallest absolute Gasteiger partial charge is 0.408 e. The lowest BCUT2D eigenvalue weighted by molar-refractivity contribution is -0.123. The molecular weight excluding hydrogens is 446 g/mol. The van der Waals surface area contributed by atoms with Crippen LogP contribution in [-0.2, 0) is 9.53 Å². The van der Waals surface area contributed by atoms with Crippen LogP contribution in [0.5, 0.6) is 0 Å². The number of amides is 2. The predicted octanol–water partition coefficient (Wildman–Crippen LogP) is 4.32. The number of fused-ring (bicyclic) bond motifs is 3. The van der Waals surface area contributed by atoms with Crippen molar-refractivity contribution in [2.45, 2.75) is 24.9 Å². The molecule has 6 nitrogen and oxygen atoms in total. The van der Waals surface area contributed by atoms with Gasteiger partial charge in [0.1, 0.15) is 12.6 Å². The third-order valence-electron chi connectivity index (χ3n) is 5.90. The van der Waals surface area contributed by atoms with E-state index in [1.807, 2.05) is 49.4 Å². The second-order valence-electron chi connectivity index (χ2n) is 8.25. The molecule has 7 heteroatoms. The maximum absolute atomic E-state index is 13.0. The van der Waals surface area contributed by atoms with Crippen LogP contribution in [-0.4, -0.2) is 36.7 Å². The van der Waals surface area contributed by atoms with E-state index in [0.717, 1.165) is 22.3 Å². The summed E-state index contributed by atoms with van der Waals surface area (Å²) in [5, 5.41) is 8.55. The molecule has 4 rings (SSSR count). The maximum atomic E-state index is 13.0. The van der Waals surface area contributed by atoms with Gasteiger partial charge in [-0.3, -0.25) is 4.79 Å². The monoisotopic (exact) mass is 473 g/mol. The van der Waals surface area contributed by atoms with Gasteiger partial charge in [-0.15, -0.1) is 0 Å². The SMILES string of the molecule is C[C@@H](CNC=S)NC(=O)[C@H](NC(=O)OCC1c2ccccc2-c2ccccc21)c1ccccc1. The predicted molar refractivity (Wildman–Crippen MR) is 137 cm³/mol. The van der Waals surface area contributed by atoms with Crippen LogP contribution in [0.4, 0.5) is 4.79 Å². The van der Waals surface area contributed by atoms with Gasteiger partial charge in [0.25, 0.3) is 0 Å². The average Bonchev–Trinajstić information content (AvgIpc) is 3.19. The number of thiocarbonyl (C=S) groups is 1. The molecule has 2 atom stereocenters. The molecule has 0 radical (unpaired) electrons. The van der Waals surface area contributed by atoms with Crippen molar-refractivity contribution in [3.05, 3.63) is 95.6 Å². The average molecular weight is 474 g/mol. The van der Waals surface area contributed by atoms with Gasteiger partial charge in [-0.2, -0.15) is 0 Å². The molecule has 34 heavy (non-hydrogen) atoms. The van der Waals surface area contributed by atoms with Crippen LogP contribution in [0.25, 0.3) is 11.1 Å². The van der Waals surface area contributed by atoms with Crippen LogP contribution < -0.4 is 16.0 Å². The molecule has 0 spiro atoms. The summed E-state index contributed by atoms with van der Waals surface area (Å²) in [6.45, 7) is 2.53. The third-order valence-corrected chi connectivity index (χ3v) is 6.06. The van der Waals surface area contributed by atoms with E-state index < -0.39 is 12.1 Å². The first kappa shape index (κ1) is 23.4. The van der Waals surface area contributed by atoms with Crippen LogP contribution in [0.15, 0.2) is 78.9 Å². The lowest BCUT2D eigenvalue weighted by Gasteiger charge is -2.22. The van der Waals surface area contributed by atoms with Crippen LogP contribution in [0.1, 0.15) is 35.6 Å².